The normalized spacial score (nSPS) is 21.5. The molecule has 1 N–H and O–H groups in total. The number of methoxy groups -OCH3 is 1. The molecule has 2 atom stereocenters. The second kappa shape index (κ2) is 11.2. The van der Waals surface area contributed by atoms with E-state index in [2.05, 4.69) is 5.48 Å². The molecule has 0 radical (unpaired) electrons. The lowest BCUT2D eigenvalue weighted by atomic mass is 10.2. The monoisotopic (exact) mass is 543 g/mol. The topological polar surface area (TPSA) is 114 Å². The summed E-state index contributed by atoms with van der Waals surface area (Å²) in [7, 11) is -2.82. The molecule has 2 aliphatic heterocycles. The van der Waals surface area contributed by atoms with Gasteiger partial charge < -0.3 is 14.4 Å². The minimum absolute atomic E-state index is 0.0797. The van der Waals surface area contributed by atoms with Crippen LogP contribution in [0.1, 0.15) is 19.3 Å². The third-order valence-electron chi connectivity index (χ3n) is 5.77. The van der Waals surface area contributed by atoms with Crippen molar-refractivity contribution in [3.8, 4) is 10.4 Å². The number of amides is 2. The lowest BCUT2D eigenvalue weighted by Gasteiger charge is -2.38. The SMILES string of the molecule is COC(=O)N1CCN(S(=O)(=O)c2ccc(-c3ccc(Cl)cc3)s2)C(C(=O)NOC2CCCCO2)C1. The lowest BCUT2D eigenvalue weighted by Crippen LogP contribution is -2.61. The number of hydroxylamine groups is 1. The summed E-state index contributed by atoms with van der Waals surface area (Å²) in [6, 6.07) is 9.08. The number of carbonyl (C=O) groups excluding carboxylic acids is 2. The number of carbonyl (C=O) groups is 2. The van der Waals surface area contributed by atoms with Gasteiger partial charge in [-0.05, 0) is 42.7 Å². The highest BCUT2D eigenvalue weighted by molar-refractivity contribution is 7.91. The number of piperazine rings is 1. The maximum absolute atomic E-state index is 13.6. The quantitative estimate of drug-likeness (QED) is 0.557. The summed E-state index contributed by atoms with van der Waals surface area (Å²) in [4.78, 5) is 32.6. The van der Waals surface area contributed by atoms with Crippen molar-refractivity contribution in [2.45, 2.75) is 35.8 Å². The molecule has 0 spiro atoms. The van der Waals surface area contributed by atoms with Crippen molar-refractivity contribution in [1.82, 2.24) is 14.7 Å². The van der Waals surface area contributed by atoms with E-state index in [9.17, 15) is 18.0 Å². The van der Waals surface area contributed by atoms with Crippen LogP contribution in [0.3, 0.4) is 0 Å². The molecular weight excluding hydrogens is 518 g/mol. The smallest absolute Gasteiger partial charge is 0.409 e. The second-order valence-corrected chi connectivity index (χ2v) is 11.7. The largest absolute Gasteiger partial charge is 0.453 e. The van der Waals surface area contributed by atoms with Gasteiger partial charge in [-0.25, -0.2) is 23.5 Å². The van der Waals surface area contributed by atoms with E-state index in [1.165, 1.54) is 18.1 Å². The maximum atomic E-state index is 13.6. The molecule has 0 aliphatic carbocycles. The van der Waals surface area contributed by atoms with Gasteiger partial charge in [0.25, 0.3) is 15.9 Å². The summed E-state index contributed by atoms with van der Waals surface area (Å²) in [5, 5.41) is 0.580. The molecule has 2 fully saturated rings. The average molecular weight is 544 g/mol. The van der Waals surface area contributed by atoms with Crippen molar-refractivity contribution in [1.29, 1.82) is 0 Å². The van der Waals surface area contributed by atoms with Crippen molar-refractivity contribution in [2.75, 3.05) is 33.4 Å². The Hall–Kier alpha value is -2.22. The van der Waals surface area contributed by atoms with Gasteiger partial charge in [0.15, 0.2) is 6.29 Å². The van der Waals surface area contributed by atoms with Gasteiger partial charge in [-0.1, -0.05) is 23.7 Å². The first kappa shape index (κ1) is 25.9. The van der Waals surface area contributed by atoms with E-state index in [1.807, 2.05) is 0 Å². The van der Waals surface area contributed by atoms with Crippen LogP contribution < -0.4 is 5.48 Å². The number of ether oxygens (including phenoxy) is 2. The van der Waals surface area contributed by atoms with E-state index in [4.69, 9.17) is 25.9 Å². The molecule has 190 valence electrons. The molecule has 2 unspecified atom stereocenters. The van der Waals surface area contributed by atoms with Crippen LogP contribution in [0.25, 0.3) is 10.4 Å². The van der Waals surface area contributed by atoms with Gasteiger partial charge in [0, 0.05) is 42.6 Å². The zero-order chi connectivity index (χ0) is 25.0. The minimum Gasteiger partial charge on any atom is -0.453 e. The molecule has 2 saturated heterocycles. The Kier molecular flexibility index (Phi) is 8.30. The van der Waals surface area contributed by atoms with Crippen LogP contribution in [0.4, 0.5) is 4.79 Å². The first-order chi connectivity index (χ1) is 16.8. The molecule has 3 heterocycles. The van der Waals surface area contributed by atoms with Crippen molar-refractivity contribution < 1.29 is 32.3 Å². The maximum Gasteiger partial charge on any atom is 0.409 e. The first-order valence-electron chi connectivity index (χ1n) is 11.1. The number of halogens is 1. The van der Waals surface area contributed by atoms with Crippen LogP contribution in [-0.4, -0.2) is 75.3 Å². The summed E-state index contributed by atoms with van der Waals surface area (Å²) in [5.41, 5.74) is 3.16. The number of hydrogen-bond acceptors (Lipinski definition) is 8. The van der Waals surface area contributed by atoms with E-state index < -0.39 is 34.4 Å². The van der Waals surface area contributed by atoms with E-state index >= 15 is 0 Å². The van der Waals surface area contributed by atoms with Gasteiger partial charge >= 0.3 is 6.09 Å². The van der Waals surface area contributed by atoms with E-state index in [0.717, 1.165) is 38.9 Å². The van der Waals surface area contributed by atoms with Gasteiger partial charge in [-0.2, -0.15) is 4.31 Å². The third kappa shape index (κ3) is 5.96. The highest BCUT2D eigenvalue weighted by Crippen LogP contribution is 2.34. The predicted molar refractivity (Wildman–Crippen MR) is 129 cm³/mol. The van der Waals surface area contributed by atoms with Crippen molar-refractivity contribution >= 4 is 45.0 Å². The minimum atomic E-state index is -4.05. The number of thiophene rings is 1. The molecule has 2 amide bonds. The van der Waals surface area contributed by atoms with Crippen LogP contribution >= 0.6 is 22.9 Å². The number of nitrogens with zero attached hydrogens (tertiary/aromatic N) is 2. The summed E-state index contributed by atoms with van der Waals surface area (Å²) < 4.78 is 38.6. The van der Waals surface area contributed by atoms with Crippen molar-refractivity contribution in [3.05, 3.63) is 41.4 Å². The van der Waals surface area contributed by atoms with E-state index in [0.29, 0.717) is 18.1 Å². The molecule has 10 nitrogen and oxygen atoms in total. The predicted octanol–water partition coefficient (Wildman–Crippen LogP) is 3.08. The Bertz CT molecular complexity index is 1150. The molecule has 4 rings (SSSR count). The number of hydrogen-bond donors (Lipinski definition) is 1. The molecule has 2 aromatic rings. The molecule has 2 aliphatic rings. The molecular formula is C22H26ClN3O7S2. The van der Waals surface area contributed by atoms with E-state index in [-0.39, 0.29) is 23.8 Å². The first-order valence-corrected chi connectivity index (χ1v) is 13.7. The van der Waals surface area contributed by atoms with Crippen LogP contribution in [0.2, 0.25) is 5.02 Å². The Balaban J connectivity index is 1.55. The average Bonchev–Trinajstić information content (AvgIpc) is 3.39. The number of rotatable bonds is 6. The lowest BCUT2D eigenvalue weighted by molar-refractivity contribution is -0.202. The second-order valence-electron chi connectivity index (χ2n) is 8.05. The molecule has 1 aromatic heterocycles. The summed E-state index contributed by atoms with van der Waals surface area (Å²) in [6.45, 7) is 0.346. The zero-order valence-electron chi connectivity index (χ0n) is 19.0. The van der Waals surface area contributed by atoms with Crippen LogP contribution in [0.5, 0.6) is 0 Å². The van der Waals surface area contributed by atoms with Gasteiger partial charge in [0.1, 0.15) is 10.3 Å². The fourth-order valence-electron chi connectivity index (χ4n) is 3.90. The zero-order valence-corrected chi connectivity index (χ0v) is 21.4. The Morgan fingerprint density at radius 3 is 2.60 bits per heavy atom. The number of sulfonamides is 1. The van der Waals surface area contributed by atoms with Crippen molar-refractivity contribution in [3.63, 3.8) is 0 Å². The van der Waals surface area contributed by atoms with Crippen LogP contribution in [-0.2, 0) is 29.1 Å². The molecule has 1 aromatic carbocycles. The Morgan fingerprint density at radius 1 is 1.14 bits per heavy atom. The molecule has 35 heavy (non-hydrogen) atoms. The highest BCUT2D eigenvalue weighted by atomic mass is 35.5. The van der Waals surface area contributed by atoms with Gasteiger partial charge in [-0.3, -0.25) is 4.79 Å². The number of nitrogens with one attached hydrogen (secondary N) is 1. The fraction of sp³-hybridized carbons (Fsp3) is 0.455. The van der Waals surface area contributed by atoms with Gasteiger partial charge in [0.05, 0.1) is 7.11 Å². The molecule has 0 bridgehead atoms. The van der Waals surface area contributed by atoms with Gasteiger partial charge in [0.2, 0.25) is 0 Å². The summed E-state index contributed by atoms with van der Waals surface area (Å²) >= 11 is 7.04. The molecule has 0 saturated carbocycles. The Labute approximate surface area is 212 Å². The standard InChI is InChI=1S/C22H26ClN3O7S2/c1-31-22(28)25-11-12-26(17(14-25)21(27)24-33-19-4-2-3-13-32-19)35(29,30)20-10-9-18(34-20)15-5-7-16(23)8-6-15/h5-10,17,19H,2-4,11-14H2,1H3,(H,24,27). The number of benzene rings is 1. The van der Waals surface area contributed by atoms with Gasteiger partial charge in [-0.15, -0.1) is 11.3 Å². The highest BCUT2D eigenvalue weighted by Gasteiger charge is 2.42. The summed E-state index contributed by atoms with van der Waals surface area (Å²) in [5.74, 6) is -0.689. The van der Waals surface area contributed by atoms with Crippen molar-refractivity contribution in [2.24, 2.45) is 0 Å². The summed E-state index contributed by atoms with van der Waals surface area (Å²) in [6.07, 6.45) is 1.18. The molecule has 13 heteroatoms. The third-order valence-corrected chi connectivity index (χ3v) is 9.53. The van der Waals surface area contributed by atoms with Crippen LogP contribution in [0.15, 0.2) is 40.6 Å². The van der Waals surface area contributed by atoms with E-state index in [1.54, 1.807) is 30.3 Å². The van der Waals surface area contributed by atoms with Crippen LogP contribution in [0, 0.1) is 0 Å². The fourth-order valence-corrected chi connectivity index (χ4v) is 7.04. The Morgan fingerprint density at radius 2 is 1.91 bits per heavy atom.